The molecule has 4 heavy (non-hydrogen) atoms. The maximum atomic E-state index is 7.57. The maximum Gasteiger partial charge on any atom is 0.0402 e. The van der Waals surface area contributed by atoms with Crippen molar-refractivity contribution < 1.29 is 5.11 Å². The minimum absolute atomic E-state index is 0. The minimum Gasteiger partial charge on any atom is -0.397 e. The first-order valence-corrected chi connectivity index (χ1v) is 1.02. The monoisotopic (exact) mass is 80.0 g/mol. The van der Waals surface area contributed by atoms with Crippen LogP contribution in [0.2, 0.25) is 0 Å². The standard InChI is InChI=1S/C2H6O.H3P/c1-2-3;/h3H,2H2,1H3;1H3. The van der Waals surface area contributed by atoms with Gasteiger partial charge in [-0.05, 0) is 6.92 Å². The molecular formula is C2H9OP. The van der Waals surface area contributed by atoms with E-state index < -0.39 is 0 Å². The van der Waals surface area contributed by atoms with Crippen molar-refractivity contribution in [1.82, 2.24) is 0 Å². The van der Waals surface area contributed by atoms with Gasteiger partial charge < -0.3 is 5.11 Å². The molecule has 0 amide bonds. The van der Waals surface area contributed by atoms with E-state index in [0.717, 1.165) is 0 Å². The quantitative estimate of drug-likeness (QED) is 0.408. The van der Waals surface area contributed by atoms with Crippen LogP contribution in [0.1, 0.15) is 6.92 Å². The minimum atomic E-state index is 0. The maximum absolute atomic E-state index is 7.57. The summed E-state index contributed by atoms with van der Waals surface area (Å²) in [6, 6.07) is 0. The van der Waals surface area contributed by atoms with Gasteiger partial charge in [0.2, 0.25) is 0 Å². The molecule has 1 N–H and O–H groups in total. The normalized spacial score (nSPS) is 4.50. The fourth-order valence-electron chi connectivity index (χ4n) is 0. The van der Waals surface area contributed by atoms with Crippen molar-refractivity contribution in [3.05, 3.63) is 0 Å². The zero-order valence-electron chi connectivity index (χ0n) is 2.86. The second kappa shape index (κ2) is 10.0. The summed E-state index contributed by atoms with van der Waals surface area (Å²) in [5, 5.41) is 7.57. The highest BCUT2D eigenvalue weighted by Gasteiger charge is 1.34. The molecule has 0 aliphatic carbocycles. The van der Waals surface area contributed by atoms with Crippen LogP contribution in [-0.2, 0) is 0 Å². The highest BCUT2D eigenvalue weighted by Crippen LogP contribution is 1.30. The molecule has 0 aromatic rings. The summed E-state index contributed by atoms with van der Waals surface area (Å²) < 4.78 is 0. The molecule has 0 saturated carbocycles. The van der Waals surface area contributed by atoms with Crippen molar-refractivity contribution in [3.8, 4) is 0 Å². The Bertz CT molecular complexity index is 6.00. The molecular weight excluding hydrogens is 71.0 g/mol. The molecule has 0 fully saturated rings. The first kappa shape index (κ1) is 8.83. The van der Waals surface area contributed by atoms with Crippen LogP contribution in [0.15, 0.2) is 0 Å². The van der Waals surface area contributed by atoms with Crippen LogP contribution in [0.4, 0.5) is 0 Å². The summed E-state index contributed by atoms with van der Waals surface area (Å²) in [6.07, 6.45) is 0. The van der Waals surface area contributed by atoms with Crippen LogP contribution in [0.25, 0.3) is 0 Å². The van der Waals surface area contributed by atoms with Gasteiger partial charge in [-0.2, -0.15) is 9.90 Å². The molecule has 0 saturated heterocycles. The van der Waals surface area contributed by atoms with E-state index in [1.807, 2.05) is 0 Å². The van der Waals surface area contributed by atoms with Crippen LogP contribution in [0, 0.1) is 0 Å². The molecule has 0 aromatic carbocycles. The molecule has 0 aliphatic heterocycles. The molecule has 1 unspecified atom stereocenters. The molecule has 1 atom stereocenters. The third-order valence-electron chi connectivity index (χ3n) is 0. The zero-order chi connectivity index (χ0) is 2.71. The average molecular weight is 80.1 g/mol. The van der Waals surface area contributed by atoms with Gasteiger partial charge in [-0.3, -0.25) is 0 Å². The lowest BCUT2D eigenvalue weighted by molar-refractivity contribution is 0.318. The molecule has 0 spiro atoms. The third kappa shape index (κ3) is 30.4. The molecule has 1 nitrogen and oxygen atoms in total. The Morgan fingerprint density at radius 1 is 1.75 bits per heavy atom. The van der Waals surface area contributed by atoms with Crippen LogP contribution in [0.5, 0.6) is 0 Å². The molecule has 0 radical (unpaired) electrons. The second-order valence-electron chi connectivity index (χ2n) is 0.316. The van der Waals surface area contributed by atoms with E-state index in [9.17, 15) is 0 Å². The van der Waals surface area contributed by atoms with Gasteiger partial charge in [0, 0.05) is 6.61 Å². The SMILES string of the molecule is CCO.P. The molecule has 0 aromatic heterocycles. The smallest absolute Gasteiger partial charge is 0.0402 e. The van der Waals surface area contributed by atoms with Crippen molar-refractivity contribution in [1.29, 1.82) is 0 Å². The number of hydrogen-bond acceptors (Lipinski definition) is 1. The van der Waals surface area contributed by atoms with E-state index in [-0.39, 0.29) is 16.5 Å². The predicted molar refractivity (Wildman–Crippen MR) is 23.9 cm³/mol. The third-order valence-corrected chi connectivity index (χ3v) is 0. The lowest BCUT2D eigenvalue weighted by Gasteiger charge is -1.52. The molecule has 0 bridgehead atoms. The Balaban J connectivity index is 0. The van der Waals surface area contributed by atoms with Crippen LogP contribution in [-0.4, -0.2) is 11.7 Å². The molecule has 0 heterocycles. The Kier molecular flexibility index (Phi) is 22.1. The topological polar surface area (TPSA) is 20.2 Å². The number of aliphatic hydroxyl groups is 1. The van der Waals surface area contributed by atoms with Gasteiger partial charge in [0.1, 0.15) is 0 Å². The van der Waals surface area contributed by atoms with Crippen molar-refractivity contribution in [3.63, 3.8) is 0 Å². The summed E-state index contributed by atoms with van der Waals surface area (Å²) in [5.41, 5.74) is 0. The molecule has 28 valence electrons. The van der Waals surface area contributed by atoms with Gasteiger partial charge in [-0.25, -0.2) is 0 Å². The highest BCUT2D eigenvalue weighted by atomic mass is 31.0. The van der Waals surface area contributed by atoms with Crippen molar-refractivity contribution in [2.45, 2.75) is 6.92 Å². The van der Waals surface area contributed by atoms with Gasteiger partial charge in [-0.1, -0.05) is 0 Å². The van der Waals surface area contributed by atoms with Crippen LogP contribution >= 0.6 is 9.90 Å². The average Bonchev–Trinajstić information content (AvgIpc) is 0.918. The largest absolute Gasteiger partial charge is 0.397 e. The fourth-order valence-corrected chi connectivity index (χ4v) is 0. The molecule has 2 heteroatoms. The summed E-state index contributed by atoms with van der Waals surface area (Å²) in [6.45, 7) is 1.93. The summed E-state index contributed by atoms with van der Waals surface area (Å²) in [4.78, 5) is 0. The Morgan fingerprint density at radius 2 is 1.75 bits per heavy atom. The van der Waals surface area contributed by atoms with E-state index in [2.05, 4.69) is 0 Å². The van der Waals surface area contributed by atoms with Gasteiger partial charge >= 0.3 is 0 Å². The lowest BCUT2D eigenvalue weighted by atomic mass is 10.9. The van der Waals surface area contributed by atoms with E-state index in [4.69, 9.17) is 5.11 Å². The van der Waals surface area contributed by atoms with E-state index in [1.54, 1.807) is 6.92 Å². The first-order chi connectivity index (χ1) is 1.41. The molecule has 0 rings (SSSR count). The predicted octanol–water partition coefficient (Wildman–Crippen LogP) is 0.0567. The summed E-state index contributed by atoms with van der Waals surface area (Å²) >= 11 is 0. The number of rotatable bonds is 0. The van der Waals surface area contributed by atoms with Gasteiger partial charge in [0.05, 0.1) is 0 Å². The van der Waals surface area contributed by atoms with Crippen molar-refractivity contribution in [2.24, 2.45) is 0 Å². The van der Waals surface area contributed by atoms with E-state index in [1.165, 1.54) is 0 Å². The second-order valence-corrected chi connectivity index (χ2v) is 0.316. The Morgan fingerprint density at radius 3 is 1.75 bits per heavy atom. The number of aliphatic hydroxyl groups excluding tert-OH is 1. The molecule has 0 aliphatic rings. The summed E-state index contributed by atoms with van der Waals surface area (Å²) in [7, 11) is 0. The highest BCUT2D eigenvalue weighted by molar-refractivity contribution is 6.92. The van der Waals surface area contributed by atoms with Crippen molar-refractivity contribution >= 4 is 9.90 Å². The van der Waals surface area contributed by atoms with E-state index >= 15 is 0 Å². The van der Waals surface area contributed by atoms with Gasteiger partial charge in [-0.15, -0.1) is 0 Å². The van der Waals surface area contributed by atoms with Crippen LogP contribution < -0.4 is 0 Å². The van der Waals surface area contributed by atoms with Crippen molar-refractivity contribution in [2.75, 3.05) is 6.61 Å². The van der Waals surface area contributed by atoms with Gasteiger partial charge in [0.25, 0.3) is 0 Å². The Labute approximate surface area is 29.6 Å². The van der Waals surface area contributed by atoms with Gasteiger partial charge in [0.15, 0.2) is 0 Å². The van der Waals surface area contributed by atoms with E-state index in [0.29, 0.717) is 0 Å². The summed E-state index contributed by atoms with van der Waals surface area (Å²) in [5.74, 6) is 0. The first-order valence-electron chi connectivity index (χ1n) is 1.02. The fraction of sp³-hybridized carbons (Fsp3) is 1.00. The zero-order valence-corrected chi connectivity index (χ0v) is 4.28. The lowest BCUT2D eigenvalue weighted by Crippen LogP contribution is -1.57. The van der Waals surface area contributed by atoms with Crippen LogP contribution in [0.3, 0.4) is 0 Å². The number of hydrogen-bond donors (Lipinski definition) is 1. The Hall–Kier alpha value is 0.390.